The van der Waals surface area contributed by atoms with Gasteiger partial charge in [-0.15, -0.1) is 0 Å². The molecule has 0 heterocycles. The highest BCUT2D eigenvalue weighted by Crippen LogP contribution is 2.27. The van der Waals surface area contributed by atoms with Crippen LogP contribution in [0.1, 0.15) is 17.2 Å². The van der Waals surface area contributed by atoms with Gasteiger partial charge in [0.15, 0.2) is 0 Å². The average Bonchev–Trinajstić information content (AvgIpc) is 2.51. The van der Waals surface area contributed by atoms with Crippen LogP contribution in [-0.2, 0) is 0 Å². The lowest BCUT2D eigenvalue weighted by Gasteiger charge is -2.20. The summed E-state index contributed by atoms with van der Waals surface area (Å²) < 4.78 is 11.3. The van der Waals surface area contributed by atoms with Crippen LogP contribution >= 0.6 is 11.6 Å². The molecule has 3 nitrogen and oxygen atoms in total. The smallest absolute Gasteiger partial charge is 0.123 e. The Morgan fingerprint density at radius 3 is 2.62 bits per heavy atom. The molecule has 1 N–H and O–H groups in total. The molecular formula is C17H20ClNO2. The molecule has 4 heteroatoms. The van der Waals surface area contributed by atoms with E-state index in [1.807, 2.05) is 56.4 Å². The van der Waals surface area contributed by atoms with Crippen LogP contribution in [0.4, 0.5) is 0 Å². The SMILES string of the molecule is CNC(COc1cc(Cl)ccc1C)c1ccccc1OC. The molecule has 2 rings (SSSR count). The van der Waals surface area contributed by atoms with Gasteiger partial charge >= 0.3 is 0 Å². The third-order valence-electron chi connectivity index (χ3n) is 3.42. The number of aryl methyl sites for hydroxylation is 1. The number of benzene rings is 2. The summed E-state index contributed by atoms with van der Waals surface area (Å²) in [5.41, 5.74) is 2.14. The second kappa shape index (κ2) is 7.34. The van der Waals surface area contributed by atoms with Crippen LogP contribution in [0.15, 0.2) is 42.5 Å². The predicted octanol–water partition coefficient (Wildman–Crippen LogP) is 4.00. The molecule has 0 aromatic heterocycles. The Morgan fingerprint density at radius 2 is 1.90 bits per heavy atom. The summed E-state index contributed by atoms with van der Waals surface area (Å²) in [4.78, 5) is 0. The summed E-state index contributed by atoms with van der Waals surface area (Å²) in [6.07, 6.45) is 0. The van der Waals surface area contributed by atoms with Gasteiger partial charge in [0.1, 0.15) is 18.1 Å². The number of ether oxygens (including phenoxy) is 2. The summed E-state index contributed by atoms with van der Waals surface area (Å²) >= 11 is 6.02. The van der Waals surface area contributed by atoms with Crippen molar-refractivity contribution in [2.75, 3.05) is 20.8 Å². The van der Waals surface area contributed by atoms with Crippen LogP contribution < -0.4 is 14.8 Å². The number of nitrogens with one attached hydrogen (secondary N) is 1. The molecular weight excluding hydrogens is 286 g/mol. The first-order chi connectivity index (χ1) is 10.2. The maximum atomic E-state index is 6.02. The Bertz CT molecular complexity index is 601. The minimum absolute atomic E-state index is 0.0412. The van der Waals surface area contributed by atoms with Gasteiger partial charge in [-0.25, -0.2) is 0 Å². The van der Waals surface area contributed by atoms with Gasteiger partial charge in [-0.05, 0) is 37.7 Å². The average molecular weight is 306 g/mol. The van der Waals surface area contributed by atoms with Gasteiger partial charge in [0.25, 0.3) is 0 Å². The van der Waals surface area contributed by atoms with E-state index in [4.69, 9.17) is 21.1 Å². The van der Waals surface area contributed by atoms with Crippen LogP contribution in [0, 0.1) is 6.92 Å². The number of methoxy groups -OCH3 is 1. The molecule has 0 aliphatic rings. The van der Waals surface area contributed by atoms with Crippen molar-refractivity contribution in [2.45, 2.75) is 13.0 Å². The fourth-order valence-corrected chi connectivity index (χ4v) is 2.35. The molecule has 1 atom stereocenters. The maximum absolute atomic E-state index is 6.02. The molecule has 0 bridgehead atoms. The van der Waals surface area contributed by atoms with Crippen LogP contribution in [-0.4, -0.2) is 20.8 Å². The Labute approximate surface area is 130 Å². The second-order valence-corrected chi connectivity index (χ2v) is 5.24. The molecule has 112 valence electrons. The summed E-state index contributed by atoms with van der Waals surface area (Å²) in [6, 6.07) is 13.6. The molecule has 2 aromatic carbocycles. The molecule has 0 radical (unpaired) electrons. The van der Waals surface area contributed by atoms with Crippen molar-refractivity contribution < 1.29 is 9.47 Å². The molecule has 0 fully saturated rings. The first-order valence-corrected chi connectivity index (χ1v) is 7.22. The topological polar surface area (TPSA) is 30.5 Å². The number of para-hydroxylation sites is 1. The quantitative estimate of drug-likeness (QED) is 0.875. The first kappa shape index (κ1) is 15.7. The van der Waals surface area contributed by atoms with Crippen molar-refractivity contribution in [3.05, 3.63) is 58.6 Å². The predicted molar refractivity (Wildman–Crippen MR) is 86.5 cm³/mol. The Balaban J connectivity index is 2.14. The van der Waals surface area contributed by atoms with Crippen LogP contribution in [0.5, 0.6) is 11.5 Å². The molecule has 1 unspecified atom stereocenters. The van der Waals surface area contributed by atoms with Gasteiger partial charge in [-0.2, -0.15) is 0 Å². The summed E-state index contributed by atoms with van der Waals surface area (Å²) in [6.45, 7) is 2.50. The zero-order valence-electron chi connectivity index (χ0n) is 12.5. The van der Waals surface area contributed by atoms with Gasteiger partial charge in [0, 0.05) is 10.6 Å². The van der Waals surface area contributed by atoms with Crippen molar-refractivity contribution in [3.8, 4) is 11.5 Å². The number of halogens is 1. The van der Waals surface area contributed by atoms with Crippen LogP contribution in [0.25, 0.3) is 0 Å². The van der Waals surface area contributed by atoms with E-state index in [0.717, 1.165) is 22.6 Å². The summed E-state index contributed by atoms with van der Waals surface area (Å²) in [5.74, 6) is 1.65. The van der Waals surface area contributed by atoms with Gasteiger partial charge in [0.2, 0.25) is 0 Å². The number of likely N-dealkylation sites (N-methyl/N-ethyl adjacent to an activating group) is 1. The summed E-state index contributed by atoms with van der Waals surface area (Å²) in [7, 11) is 3.58. The fraction of sp³-hybridized carbons (Fsp3) is 0.294. The van der Waals surface area contributed by atoms with Crippen molar-refractivity contribution in [1.82, 2.24) is 5.32 Å². The van der Waals surface area contributed by atoms with E-state index < -0.39 is 0 Å². The van der Waals surface area contributed by atoms with E-state index in [1.54, 1.807) is 7.11 Å². The van der Waals surface area contributed by atoms with Crippen molar-refractivity contribution in [3.63, 3.8) is 0 Å². The normalized spacial score (nSPS) is 12.0. The Hall–Kier alpha value is -1.71. The van der Waals surface area contributed by atoms with Crippen molar-refractivity contribution in [2.24, 2.45) is 0 Å². The molecule has 21 heavy (non-hydrogen) atoms. The van der Waals surface area contributed by atoms with E-state index in [-0.39, 0.29) is 6.04 Å². The van der Waals surface area contributed by atoms with E-state index in [1.165, 1.54) is 0 Å². The van der Waals surface area contributed by atoms with Gasteiger partial charge in [-0.3, -0.25) is 0 Å². The number of rotatable bonds is 6. The van der Waals surface area contributed by atoms with Crippen LogP contribution in [0.2, 0.25) is 5.02 Å². The largest absolute Gasteiger partial charge is 0.496 e. The lowest BCUT2D eigenvalue weighted by molar-refractivity contribution is 0.267. The minimum atomic E-state index is 0.0412. The lowest BCUT2D eigenvalue weighted by Crippen LogP contribution is -2.24. The second-order valence-electron chi connectivity index (χ2n) is 4.80. The van der Waals surface area contributed by atoms with E-state index in [9.17, 15) is 0 Å². The molecule has 0 saturated heterocycles. The van der Waals surface area contributed by atoms with E-state index in [2.05, 4.69) is 5.32 Å². The fourth-order valence-electron chi connectivity index (χ4n) is 2.19. The Kier molecular flexibility index (Phi) is 5.48. The molecule has 2 aromatic rings. The highest BCUT2D eigenvalue weighted by molar-refractivity contribution is 6.30. The minimum Gasteiger partial charge on any atom is -0.496 e. The third kappa shape index (κ3) is 3.90. The maximum Gasteiger partial charge on any atom is 0.123 e. The number of hydrogen-bond donors (Lipinski definition) is 1. The van der Waals surface area contributed by atoms with Gasteiger partial charge in [-0.1, -0.05) is 35.9 Å². The molecule has 0 aliphatic carbocycles. The van der Waals surface area contributed by atoms with Crippen molar-refractivity contribution in [1.29, 1.82) is 0 Å². The van der Waals surface area contributed by atoms with Crippen LogP contribution in [0.3, 0.4) is 0 Å². The van der Waals surface area contributed by atoms with E-state index in [0.29, 0.717) is 11.6 Å². The van der Waals surface area contributed by atoms with E-state index >= 15 is 0 Å². The standard InChI is InChI=1S/C17H20ClNO2/c1-12-8-9-13(18)10-17(12)21-11-15(19-2)14-6-4-5-7-16(14)20-3/h4-10,15,19H,11H2,1-3H3. The third-order valence-corrected chi connectivity index (χ3v) is 3.65. The number of hydrogen-bond acceptors (Lipinski definition) is 3. The highest BCUT2D eigenvalue weighted by atomic mass is 35.5. The molecule has 0 amide bonds. The highest BCUT2D eigenvalue weighted by Gasteiger charge is 2.15. The monoisotopic (exact) mass is 305 g/mol. The molecule has 0 saturated carbocycles. The zero-order chi connectivity index (χ0) is 15.2. The lowest BCUT2D eigenvalue weighted by atomic mass is 10.1. The van der Waals surface area contributed by atoms with Crippen molar-refractivity contribution >= 4 is 11.6 Å². The van der Waals surface area contributed by atoms with Gasteiger partial charge in [0.05, 0.1) is 13.2 Å². The zero-order valence-corrected chi connectivity index (χ0v) is 13.3. The molecule has 0 aliphatic heterocycles. The molecule has 0 spiro atoms. The summed E-state index contributed by atoms with van der Waals surface area (Å²) in [5, 5.41) is 3.93. The van der Waals surface area contributed by atoms with Gasteiger partial charge < -0.3 is 14.8 Å². The first-order valence-electron chi connectivity index (χ1n) is 6.85. The Morgan fingerprint density at radius 1 is 1.14 bits per heavy atom.